The van der Waals surface area contributed by atoms with Crippen molar-refractivity contribution in [2.45, 2.75) is 20.0 Å². The quantitative estimate of drug-likeness (QED) is 0.429. The fourth-order valence-corrected chi connectivity index (χ4v) is 2.78. The van der Waals surface area contributed by atoms with Gasteiger partial charge in [-0.25, -0.2) is 4.79 Å². The fraction of sp³-hybridized carbons (Fsp3) is 0.263. The number of esters is 1. The van der Waals surface area contributed by atoms with Crippen LogP contribution in [0.5, 0.6) is 5.75 Å². The van der Waals surface area contributed by atoms with Crippen LogP contribution in [-0.4, -0.2) is 46.9 Å². The van der Waals surface area contributed by atoms with E-state index in [1.807, 2.05) is 0 Å². The summed E-state index contributed by atoms with van der Waals surface area (Å²) in [6, 6.07) is 8.52. The third-order valence-electron chi connectivity index (χ3n) is 4.17. The number of nitro groups is 1. The van der Waals surface area contributed by atoms with Gasteiger partial charge in [0.2, 0.25) is 5.91 Å². The summed E-state index contributed by atoms with van der Waals surface area (Å²) < 4.78 is 10.3. The van der Waals surface area contributed by atoms with Crippen LogP contribution in [0, 0.1) is 10.1 Å². The monoisotopic (exact) mass is 414 g/mol. The lowest BCUT2D eigenvalue weighted by Crippen LogP contribution is -2.48. The largest absolute Gasteiger partial charge is 0.475 e. The molecule has 1 aromatic heterocycles. The molecule has 0 saturated carbocycles. The summed E-state index contributed by atoms with van der Waals surface area (Å²) in [6.07, 6.45) is -0.877. The van der Waals surface area contributed by atoms with E-state index < -0.39 is 41.2 Å². The normalized spacial score (nSPS) is 15.1. The van der Waals surface area contributed by atoms with Gasteiger partial charge in [0.25, 0.3) is 11.7 Å². The summed E-state index contributed by atoms with van der Waals surface area (Å²) in [5, 5.41) is 13.6. The van der Waals surface area contributed by atoms with Crippen LogP contribution in [0.4, 0.5) is 17.3 Å². The summed E-state index contributed by atoms with van der Waals surface area (Å²) in [5.74, 6) is -1.99. The number of fused-ring (bicyclic) bond motifs is 1. The first kappa shape index (κ1) is 20.7. The third kappa shape index (κ3) is 4.35. The smallest absolute Gasteiger partial charge is 0.366 e. The van der Waals surface area contributed by atoms with Crippen LogP contribution in [0.25, 0.3) is 0 Å². The zero-order chi connectivity index (χ0) is 21.8. The highest BCUT2D eigenvalue weighted by atomic mass is 16.6. The van der Waals surface area contributed by atoms with Crippen LogP contribution in [0.3, 0.4) is 0 Å². The number of nitrogens with zero attached hydrogens (tertiary/aromatic N) is 3. The minimum atomic E-state index is -0.877. The van der Waals surface area contributed by atoms with Crippen LogP contribution in [0.2, 0.25) is 0 Å². The van der Waals surface area contributed by atoms with E-state index in [2.05, 4.69) is 10.3 Å². The molecule has 1 atom stereocenters. The number of ether oxygens (including phenoxy) is 2. The molecule has 1 N–H and O–H groups in total. The lowest BCUT2D eigenvalue weighted by atomic mass is 10.2. The van der Waals surface area contributed by atoms with E-state index in [9.17, 15) is 24.5 Å². The van der Waals surface area contributed by atoms with E-state index in [0.29, 0.717) is 11.3 Å². The van der Waals surface area contributed by atoms with Gasteiger partial charge in [-0.1, -0.05) is 0 Å². The van der Waals surface area contributed by atoms with Crippen molar-refractivity contribution in [1.29, 1.82) is 0 Å². The van der Waals surface area contributed by atoms with Crippen molar-refractivity contribution in [2.24, 2.45) is 0 Å². The van der Waals surface area contributed by atoms with Crippen LogP contribution >= 0.6 is 0 Å². The Kier molecular flexibility index (Phi) is 5.90. The third-order valence-corrected chi connectivity index (χ3v) is 4.17. The van der Waals surface area contributed by atoms with Gasteiger partial charge in [-0.2, -0.15) is 0 Å². The highest BCUT2D eigenvalue weighted by Gasteiger charge is 2.37. The number of pyridine rings is 1. The first-order chi connectivity index (χ1) is 14.3. The summed E-state index contributed by atoms with van der Waals surface area (Å²) in [5.41, 5.74) is 0.728. The molecule has 2 amide bonds. The number of carbonyl (C=O) groups excluding carboxylic acids is 3. The van der Waals surface area contributed by atoms with Crippen molar-refractivity contribution in [3.05, 3.63) is 52.1 Å². The van der Waals surface area contributed by atoms with Crippen molar-refractivity contribution < 1.29 is 28.8 Å². The molecule has 156 valence electrons. The first-order valence-corrected chi connectivity index (χ1v) is 9.00. The Morgan fingerprint density at radius 3 is 2.60 bits per heavy atom. The second-order valence-corrected chi connectivity index (χ2v) is 6.28. The molecule has 2 heterocycles. The predicted molar refractivity (Wildman–Crippen MR) is 104 cm³/mol. The number of anilines is 2. The van der Waals surface area contributed by atoms with Crippen LogP contribution < -0.4 is 15.0 Å². The second kappa shape index (κ2) is 8.55. The van der Waals surface area contributed by atoms with Crippen molar-refractivity contribution in [2.75, 3.05) is 23.4 Å². The predicted octanol–water partition coefficient (Wildman–Crippen LogP) is 1.92. The van der Waals surface area contributed by atoms with Gasteiger partial charge in [0.15, 0.2) is 11.9 Å². The Bertz CT molecular complexity index is 1010. The van der Waals surface area contributed by atoms with Gasteiger partial charge < -0.3 is 24.9 Å². The molecule has 0 bridgehead atoms. The van der Waals surface area contributed by atoms with Gasteiger partial charge in [0.05, 0.1) is 12.2 Å². The summed E-state index contributed by atoms with van der Waals surface area (Å²) in [6.45, 7) is 3.03. The van der Waals surface area contributed by atoms with Gasteiger partial charge in [0.1, 0.15) is 6.54 Å². The van der Waals surface area contributed by atoms with Gasteiger partial charge in [-0.05, 0) is 54.1 Å². The summed E-state index contributed by atoms with van der Waals surface area (Å²) in [4.78, 5) is 51.8. The average molecular weight is 414 g/mol. The molecule has 11 nitrogen and oxygen atoms in total. The van der Waals surface area contributed by atoms with Gasteiger partial charge in [-0.15, -0.1) is 0 Å². The highest BCUT2D eigenvalue weighted by molar-refractivity contribution is 6.05. The molecule has 30 heavy (non-hydrogen) atoms. The number of hydrogen-bond acceptors (Lipinski definition) is 8. The molecule has 2 aromatic rings. The highest BCUT2D eigenvalue weighted by Crippen LogP contribution is 2.33. The van der Waals surface area contributed by atoms with E-state index in [-0.39, 0.29) is 18.2 Å². The lowest BCUT2D eigenvalue weighted by Gasteiger charge is -2.28. The van der Waals surface area contributed by atoms with Gasteiger partial charge in [-0.3, -0.25) is 14.5 Å². The Hall–Kier alpha value is -4.02. The summed E-state index contributed by atoms with van der Waals surface area (Å²) in [7, 11) is 0. The Morgan fingerprint density at radius 1 is 1.27 bits per heavy atom. The number of aromatic nitrogens is 1. The van der Waals surface area contributed by atoms with E-state index in [4.69, 9.17) is 9.47 Å². The number of carbonyl (C=O) groups is 3. The Morgan fingerprint density at radius 2 is 1.97 bits per heavy atom. The van der Waals surface area contributed by atoms with Crippen molar-refractivity contribution in [1.82, 2.24) is 4.98 Å². The number of rotatable bonds is 6. The zero-order valence-corrected chi connectivity index (χ0v) is 16.2. The molecule has 1 aromatic carbocycles. The van der Waals surface area contributed by atoms with Crippen molar-refractivity contribution in [3.63, 3.8) is 0 Å². The average Bonchev–Trinajstić information content (AvgIpc) is 2.71. The van der Waals surface area contributed by atoms with E-state index in [0.717, 1.165) is 11.0 Å². The molecular weight excluding hydrogens is 396 g/mol. The van der Waals surface area contributed by atoms with Crippen LogP contribution in [0.1, 0.15) is 24.2 Å². The second-order valence-electron chi connectivity index (χ2n) is 6.28. The molecule has 0 spiro atoms. The Balaban J connectivity index is 1.76. The molecule has 11 heteroatoms. The molecule has 1 aliphatic heterocycles. The van der Waals surface area contributed by atoms with Gasteiger partial charge >= 0.3 is 11.8 Å². The van der Waals surface area contributed by atoms with Crippen LogP contribution in [0.15, 0.2) is 36.4 Å². The van der Waals surface area contributed by atoms with Crippen molar-refractivity contribution in [3.8, 4) is 5.75 Å². The molecule has 1 unspecified atom stereocenters. The minimum absolute atomic E-state index is 0.0971. The van der Waals surface area contributed by atoms with E-state index in [1.54, 1.807) is 6.92 Å². The maximum Gasteiger partial charge on any atom is 0.366 e. The number of benzene rings is 1. The number of nitrogens with one attached hydrogen (secondary N) is 1. The first-order valence-electron chi connectivity index (χ1n) is 9.00. The molecule has 0 fully saturated rings. The van der Waals surface area contributed by atoms with Crippen LogP contribution in [-0.2, 0) is 14.3 Å². The maximum absolute atomic E-state index is 12.5. The SMILES string of the molecule is CCOC(=O)c1ccc(NC(=O)CN2C(=O)C(C)Oc3ccc([N+](=O)[O-])nc32)cc1. The van der Waals surface area contributed by atoms with Gasteiger partial charge in [0, 0.05) is 11.8 Å². The molecule has 3 rings (SSSR count). The molecule has 0 aliphatic carbocycles. The molecular formula is C19H18N4O7. The topological polar surface area (TPSA) is 141 Å². The zero-order valence-electron chi connectivity index (χ0n) is 16.2. The van der Waals surface area contributed by atoms with E-state index in [1.165, 1.54) is 37.3 Å². The minimum Gasteiger partial charge on any atom is -0.475 e. The Labute approximate surface area is 170 Å². The number of amides is 2. The maximum atomic E-state index is 12.5. The van der Waals surface area contributed by atoms with Crippen molar-refractivity contribution >= 4 is 35.1 Å². The fourth-order valence-electron chi connectivity index (χ4n) is 2.78. The molecule has 0 saturated heterocycles. The molecule has 1 aliphatic rings. The standard InChI is InChI=1S/C19H18N4O7/c1-3-29-19(26)12-4-6-13(7-5-12)20-16(24)10-22-17-14(30-11(2)18(22)25)8-9-15(21-17)23(27)28/h4-9,11H,3,10H2,1-2H3,(H,20,24). The summed E-state index contributed by atoms with van der Waals surface area (Å²) >= 11 is 0. The lowest BCUT2D eigenvalue weighted by molar-refractivity contribution is -0.389. The van der Waals surface area contributed by atoms with E-state index >= 15 is 0 Å². The molecule has 0 radical (unpaired) electrons. The number of hydrogen-bond donors (Lipinski definition) is 1.